The molecule has 0 spiro atoms. The van der Waals surface area contributed by atoms with Crippen molar-refractivity contribution in [2.75, 3.05) is 59.5 Å². The minimum absolute atomic E-state index is 0.0527. The van der Waals surface area contributed by atoms with E-state index in [-0.39, 0.29) is 55.4 Å². The summed E-state index contributed by atoms with van der Waals surface area (Å²) in [5.74, 6) is 0.873. The predicted octanol–water partition coefficient (Wildman–Crippen LogP) is 8.14. The van der Waals surface area contributed by atoms with E-state index in [4.69, 9.17) is 51.4 Å². The SMILES string of the molecule is CCCCCCCCCc1ccc(OCC(C)OCC(C)OCC(C)OCC(C)OCC(C)OCC(C)OCC(C)OCC(C)OCC(C)OS(=O)O)cc1. The van der Waals surface area contributed by atoms with Crippen molar-refractivity contribution >= 4 is 11.4 Å². The normalized spacial score (nSPS) is 17.5. The molecule has 324 valence electrons. The quantitative estimate of drug-likeness (QED) is 0.0515. The van der Waals surface area contributed by atoms with Crippen molar-refractivity contribution in [3.8, 4) is 5.75 Å². The van der Waals surface area contributed by atoms with Crippen LogP contribution < -0.4 is 4.74 Å². The molecule has 0 aliphatic carbocycles. The van der Waals surface area contributed by atoms with E-state index >= 15 is 0 Å². The lowest BCUT2D eigenvalue weighted by Gasteiger charge is -2.23. The van der Waals surface area contributed by atoms with Gasteiger partial charge in [0.05, 0.1) is 108 Å². The van der Waals surface area contributed by atoms with Crippen molar-refractivity contribution in [3.63, 3.8) is 0 Å². The van der Waals surface area contributed by atoms with Crippen molar-refractivity contribution in [1.29, 1.82) is 0 Å². The van der Waals surface area contributed by atoms with Crippen LogP contribution in [-0.2, 0) is 59.9 Å². The van der Waals surface area contributed by atoms with Gasteiger partial charge in [0, 0.05) is 0 Å². The lowest BCUT2D eigenvalue weighted by Crippen LogP contribution is -2.30. The Hall–Kier alpha value is -1.23. The molecular formula is C42H78O12S. The highest BCUT2D eigenvalue weighted by Crippen LogP contribution is 2.16. The van der Waals surface area contributed by atoms with Crippen LogP contribution in [0.1, 0.15) is 120 Å². The first-order valence-corrected chi connectivity index (χ1v) is 21.7. The third-order valence-electron chi connectivity index (χ3n) is 8.65. The van der Waals surface area contributed by atoms with Gasteiger partial charge in [-0.25, -0.2) is 0 Å². The summed E-state index contributed by atoms with van der Waals surface area (Å²) in [5.41, 5.74) is 1.37. The van der Waals surface area contributed by atoms with Gasteiger partial charge >= 0.3 is 11.4 Å². The Balaban J connectivity index is 2.09. The molecule has 0 bridgehead atoms. The van der Waals surface area contributed by atoms with Gasteiger partial charge in [-0.05, 0) is 92.9 Å². The molecular weight excluding hydrogens is 729 g/mol. The monoisotopic (exact) mass is 807 g/mol. The molecule has 10 atom stereocenters. The molecule has 0 saturated carbocycles. The smallest absolute Gasteiger partial charge is 0.302 e. The van der Waals surface area contributed by atoms with E-state index in [0.717, 1.165) is 12.2 Å². The minimum Gasteiger partial charge on any atom is -0.491 e. The van der Waals surface area contributed by atoms with Gasteiger partial charge in [-0.15, -0.1) is 0 Å². The van der Waals surface area contributed by atoms with E-state index in [1.54, 1.807) is 6.92 Å². The van der Waals surface area contributed by atoms with Gasteiger partial charge in [0.15, 0.2) is 0 Å². The van der Waals surface area contributed by atoms with Crippen LogP contribution in [0.25, 0.3) is 0 Å². The van der Waals surface area contributed by atoms with Gasteiger partial charge in [0.25, 0.3) is 0 Å². The zero-order chi connectivity index (χ0) is 40.8. The Morgan fingerprint density at radius 1 is 0.455 bits per heavy atom. The van der Waals surface area contributed by atoms with Gasteiger partial charge in [-0.3, -0.25) is 8.74 Å². The molecule has 0 saturated heterocycles. The molecule has 12 nitrogen and oxygen atoms in total. The number of unbranched alkanes of at least 4 members (excludes halogenated alkanes) is 6. The minimum atomic E-state index is -2.31. The predicted molar refractivity (Wildman–Crippen MR) is 218 cm³/mol. The van der Waals surface area contributed by atoms with Crippen molar-refractivity contribution in [2.24, 2.45) is 0 Å². The molecule has 1 aromatic carbocycles. The van der Waals surface area contributed by atoms with E-state index in [0.29, 0.717) is 52.9 Å². The standard InChI is InChI=1S/C42H78O12S/c1-11-12-13-14-15-16-17-18-41-19-21-42(22-20-41)53-30-39(9)51-28-37(7)49-26-35(5)47-24-33(3)45-23-32(2)46-25-34(4)48-27-36(6)50-29-38(8)52-31-40(10)54-55(43)44/h19-22,32-40H,11-18,23-31H2,1-10H3,(H,43,44). The molecule has 0 radical (unpaired) electrons. The number of rotatable bonds is 37. The maximum Gasteiger partial charge on any atom is 0.302 e. The maximum absolute atomic E-state index is 10.7. The second-order valence-electron chi connectivity index (χ2n) is 15.1. The second-order valence-corrected chi connectivity index (χ2v) is 15.7. The van der Waals surface area contributed by atoms with Gasteiger partial charge in [0.2, 0.25) is 0 Å². The summed E-state index contributed by atoms with van der Waals surface area (Å²) in [6, 6.07) is 8.47. The fourth-order valence-electron chi connectivity index (χ4n) is 5.20. The van der Waals surface area contributed by atoms with E-state index in [9.17, 15) is 4.21 Å². The van der Waals surface area contributed by atoms with Crippen LogP contribution in [-0.4, -0.2) is 123 Å². The summed E-state index contributed by atoms with van der Waals surface area (Å²) in [6.45, 7) is 23.4. The summed E-state index contributed by atoms with van der Waals surface area (Å²) in [7, 11) is 0. The maximum atomic E-state index is 10.7. The fraction of sp³-hybridized carbons (Fsp3) is 0.857. The fourth-order valence-corrected chi connectivity index (χ4v) is 5.54. The summed E-state index contributed by atoms with van der Waals surface area (Å²) >= 11 is -2.31. The van der Waals surface area contributed by atoms with Crippen LogP contribution in [0.5, 0.6) is 5.75 Å². The molecule has 55 heavy (non-hydrogen) atoms. The van der Waals surface area contributed by atoms with Crippen molar-refractivity contribution in [2.45, 2.75) is 176 Å². The Bertz CT molecular complexity index is 1050. The number of hydrogen-bond donors (Lipinski definition) is 1. The lowest BCUT2D eigenvalue weighted by atomic mass is 10.0. The number of ether oxygens (including phenoxy) is 9. The average Bonchev–Trinajstić information content (AvgIpc) is 3.16. The molecule has 0 aromatic heterocycles. The molecule has 1 N–H and O–H groups in total. The van der Waals surface area contributed by atoms with Crippen LogP contribution >= 0.6 is 0 Å². The van der Waals surface area contributed by atoms with Crippen LogP contribution in [0.2, 0.25) is 0 Å². The Morgan fingerprint density at radius 2 is 0.764 bits per heavy atom. The van der Waals surface area contributed by atoms with E-state index < -0.39 is 17.5 Å². The average molecular weight is 807 g/mol. The summed E-state index contributed by atoms with van der Waals surface area (Å²) in [4.78, 5) is 0. The molecule has 1 aromatic rings. The molecule has 0 aliphatic rings. The topological polar surface area (TPSA) is 130 Å². The highest BCUT2D eigenvalue weighted by molar-refractivity contribution is 7.74. The molecule has 0 amide bonds. The molecule has 0 heterocycles. The molecule has 10 unspecified atom stereocenters. The molecule has 0 fully saturated rings. The van der Waals surface area contributed by atoms with E-state index in [1.807, 2.05) is 55.4 Å². The zero-order valence-corrected chi connectivity index (χ0v) is 36.7. The number of aryl methyl sites for hydroxylation is 1. The summed E-state index contributed by atoms with van der Waals surface area (Å²) < 4.78 is 77.2. The second kappa shape index (κ2) is 32.7. The number of benzene rings is 1. The third-order valence-corrected chi connectivity index (χ3v) is 9.14. The highest BCUT2D eigenvalue weighted by atomic mass is 32.2. The first kappa shape index (κ1) is 51.8. The zero-order valence-electron chi connectivity index (χ0n) is 35.9. The van der Waals surface area contributed by atoms with Gasteiger partial charge in [0.1, 0.15) is 12.4 Å². The highest BCUT2D eigenvalue weighted by Gasteiger charge is 2.16. The largest absolute Gasteiger partial charge is 0.491 e. The van der Waals surface area contributed by atoms with Gasteiger partial charge in [-0.1, -0.05) is 57.6 Å². The van der Waals surface area contributed by atoms with Crippen LogP contribution in [0, 0.1) is 0 Å². The molecule has 13 heteroatoms. The van der Waals surface area contributed by atoms with Crippen LogP contribution in [0.4, 0.5) is 0 Å². The summed E-state index contributed by atoms with van der Waals surface area (Å²) in [6.07, 6.45) is 9.10. The number of hydrogen-bond acceptors (Lipinski definition) is 11. The van der Waals surface area contributed by atoms with Crippen LogP contribution in [0.3, 0.4) is 0 Å². The van der Waals surface area contributed by atoms with Crippen molar-refractivity contribution < 1.29 is 55.6 Å². The molecule has 0 aliphatic heterocycles. The molecule has 1 rings (SSSR count). The van der Waals surface area contributed by atoms with Crippen LogP contribution in [0.15, 0.2) is 24.3 Å². The third kappa shape index (κ3) is 30.5. The Kier molecular flexibility index (Phi) is 30.8. The van der Waals surface area contributed by atoms with Gasteiger partial charge in [-0.2, -0.15) is 4.21 Å². The van der Waals surface area contributed by atoms with Crippen molar-refractivity contribution in [3.05, 3.63) is 29.8 Å². The first-order valence-electron chi connectivity index (χ1n) is 20.7. The Labute approximate surface area is 336 Å². The van der Waals surface area contributed by atoms with Crippen molar-refractivity contribution in [1.82, 2.24) is 0 Å². The summed E-state index contributed by atoms with van der Waals surface area (Å²) in [5, 5.41) is 0. The van der Waals surface area contributed by atoms with Gasteiger partial charge < -0.3 is 42.6 Å². The van der Waals surface area contributed by atoms with E-state index in [2.05, 4.69) is 31.2 Å². The first-order chi connectivity index (χ1) is 26.3. The lowest BCUT2D eigenvalue weighted by molar-refractivity contribution is -0.109. The van der Waals surface area contributed by atoms with E-state index in [1.165, 1.54) is 50.5 Å². The Morgan fingerprint density at radius 3 is 1.11 bits per heavy atom.